The van der Waals surface area contributed by atoms with Crippen molar-refractivity contribution in [3.05, 3.63) is 20.8 Å². The first kappa shape index (κ1) is 10.7. The highest BCUT2D eigenvalue weighted by molar-refractivity contribution is 9.10. The molecular weight excluding hydrogens is 258 g/mol. The molecule has 0 radical (unpaired) electrons. The van der Waals surface area contributed by atoms with E-state index in [4.69, 9.17) is 5.73 Å². The van der Waals surface area contributed by atoms with Crippen LogP contribution in [0.25, 0.3) is 0 Å². The predicted octanol–water partition coefficient (Wildman–Crippen LogP) is 4.02. The molecule has 2 rings (SSSR count). The summed E-state index contributed by atoms with van der Waals surface area (Å²) < 4.78 is 1.20. The van der Waals surface area contributed by atoms with Gasteiger partial charge in [0.25, 0.3) is 0 Å². The van der Waals surface area contributed by atoms with E-state index in [1.807, 2.05) is 0 Å². The molecule has 1 aliphatic rings. The van der Waals surface area contributed by atoms with Crippen LogP contribution in [0.15, 0.2) is 15.2 Å². The summed E-state index contributed by atoms with van der Waals surface area (Å²) in [5.74, 6) is 0. The Labute approximate surface area is 97.8 Å². The van der Waals surface area contributed by atoms with E-state index in [-0.39, 0.29) is 5.54 Å². The van der Waals surface area contributed by atoms with Crippen molar-refractivity contribution in [3.63, 3.8) is 0 Å². The first-order valence-corrected chi connectivity index (χ1v) is 6.97. The maximum Gasteiger partial charge on any atom is 0.0429 e. The minimum absolute atomic E-state index is 0.0602. The van der Waals surface area contributed by atoms with E-state index in [1.165, 1.54) is 35.7 Å². The van der Waals surface area contributed by atoms with Gasteiger partial charge < -0.3 is 5.73 Å². The Hall–Kier alpha value is 0.140. The Balaban J connectivity index is 2.25. The van der Waals surface area contributed by atoms with Gasteiger partial charge in [0.2, 0.25) is 0 Å². The molecular formula is C11H16BrNS. The zero-order chi connectivity index (χ0) is 10.0. The van der Waals surface area contributed by atoms with Gasteiger partial charge in [-0.05, 0) is 39.7 Å². The van der Waals surface area contributed by atoms with Gasteiger partial charge in [0.1, 0.15) is 0 Å². The summed E-state index contributed by atoms with van der Waals surface area (Å²) in [5, 5.41) is 4.34. The number of thiophene rings is 1. The number of rotatable bonds is 1. The molecule has 1 nitrogen and oxygen atoms in total. The molecule has 0 unspecified atom stereocenters. The highest BCUT2D eigenvalue weighted by Gasteiger charge is 2.30. The van der Waals surface area contributed by atoms with Crippen LogP contribution in [0.3, 0.4) is 0 Å². The van der Waals surface area contributed by atoms with Gasteiger partial charge in [0.05, 0.1) is 0 Å². The summed E-state index contributed by atoms with van der Waals surface area (Å²) in [5.41, 5.74) is 7.77. The highest BCUT2D eigenvalue weighted by atomic mass is 79.9. The first-order valence-electron chi connectivity index (χ1n) is 5.23. The average Bonchev–Trinajstić information content (AvgIpc) is 2.46. The fraction of sp³-hybridized carbons (Fsp3) is 0.636. The van der Waals surface area contributed by atoms with E-state index in [0.717, 1.165) is 12.8 Å². The Morgan fingerprint density at radius 2 is 1.79 bits per heavy atom. The summed E-state index contributed by atoms with van der Waals surface area (Å²) in [6.07, 6.45) is 7.53. The molecule has 0 atom stereocenters. The third-order valence-electron chi connectivity index (χ3n) is 3.15. The summed E-state index contributed by atoms with van der Waals surface area (Å²) in [4.78, 5) is 0. The number of hydrogen-bond donors (Lipinski definition) is 1. The maximum atomic E-state index is 6.50. The van der Waals surface area contributed by atoms with E-state index in [1.54, 1.807) is 11.3 Å². The molecule has 1 fully saturated rings. The van der Waals surface area contributed by atoms with Gasteiger partial charge in [-0.1, -0.05) is 25.7 Å². The third kappa shape index (κ3) is 2.05. The molecule has 1 aromatic rings. The van der Waals surface area contributed by atoms with Crippen molar-refractivity contribution in [1.82, 2.24) is 0 Å². The quantitative estimate of drug-likeness (QED) is 0.769. The SMILES string of the molecule is NC1(c2cscc2Br)CCCCCC1. The molecule has 0 spiro atoms. The van der Waals surface area contributed by atoms with Crippen LogP contribution in [0.5, 0.6) is 0 Å². The van der Waals surface area contributed by atoms with Crippen molar-refractivity contribution in [2.75, 3.05) is 0 Å². The van der Waals surface area contributed by atoms with Crippen LogP contribution in [0.1, 0.15) is 44.1 Å². The van der Waals surface area contributed by atoms with Gasteiger partial charge in [0, 0.05) is 15.4 Å². The molecule has 1 aromatic heterocycles. The monoisotopic (exact) mass is 273 g/mol. The molecule has 0 aromatic carbocycles. The normalized spacial score (nSPS) is 21.9. The van der Waals surface area contributed by atoms with Crippen molar-refractivity contribution < 1.29 is 0 Å². The van der Waals surface area contributed by atoms with Gasteiger partial charge >= 0.3 is 0 Å². The van der Waals surface area contributed by atoms with Gasteiger partial charge in [-0.3, -0.25) is 0 Å². The van der Waals surface area contributed by atoms with Gasteiger partial charge in [-0.2, -0.15) is 11.3 Å². The molecule has 0 saturated heterocycles. The van der Waals surface area contributed by atoms with Crippen LogP contribution in [0.4, 0.5) is 0 Å². The van der Waals surface area contributed by atoms with Crippen molar-refractivity contribution in [2.24, 2.45) is 5.73 Å². The van der Waals surface area contributed by atoms with Crippen LogP contribution in [-0.2, 0) is 5.54 Å². The first-order chi connectivity index (χ1) is 6.72. The second-order valence-electron chi connectivity index (χ2n) is 4.20. The van der Waals surface area contributed by atoms with E-state index >= 15 is 0 Å². The highest BCUT2D eigenvalue weighted by Crippen LogP contribution is 2.38. The number of halogens is 1. The van der Waals surface area contributed by atoms with Crippen molar-refractivity contribution in [1.29, 1.82) is 0 Å². The lowest BCUT2D eigenvalue weighted by Gasteiger charge is -2.28. The Kier molecular flexibility index (Phi) is 3.30. The lowest BCUT2D eigenvalue weighted by Crippen LogP contribution is -2.35. The van der Waals surface area contributed by atoms with Crippen LogP contribution in [0, 0.1) is 0 Å². The molecule has 0 bridgehead atoms. The molecule has 1 heterocycles. The maximum absolute atomic E-state index is 6.50. The van der Waals surface area contributed by atoms with E-state index < -0.39 is 0 Å². The average molecular weight is 274 g/mol. The fourth-order valence-electron chi connectivity index (χ4n) is 2.27. The molecule has 2 N–H and O–H groups in total. The van der Waals surface area contributed by atoms with Crippen molar-refractivity contribution in [2.45, 2.75) is 44.1 Å². The minimum Gasteiger partial charge on any atom is -0.321 e. The molecule has 14 heavy (non-hydrogen) atoms. The van der Waals surface area contributed by atoms with Crippen LogP contribution in [-0.4, -0.2) is 0 Å². The van der Waals surface area contributed by atoms with Gasteiger partial charge in [0.15, 0.2) is 0 Å². The molecule has 0 aliphatic heterocycles. The van der Waals surface area contributed by atoms with Crippen LogP contribution >= 0.6 is 27.3 Å². The second kappa shape index (κ2) is 4.33. The smallest absolute Gasteiger partial charge is 0.0429 e. The number of hydrogen-bond acceptors (Lipinski definition) is 2. The molecule has 78 valence electrons. The predicted molar refractivity (Wildman–Crippen MR) is 65.6 cm³/mol. The van der Waals surface area contributed by atoms with E-state index in [2.05, 4.69) is 26.7 Å². The van der Waals surface area contributed by atoms with Crippen LogP contribution in [0.2, 0.25) is 0 Å². The Morgan fingerprint density at radius 3 is 2.29 bits per heavy atom. The van der Waals surface area contributed by atoms with Crippen molar-refractivity contribution >= 4 is 27.3 Å². The summed E-state index contributed by atoms with van der Waals surface area (Å²) in [6.45, 7) is 0. The fourth-order valence-corrected chi connectivity index (χ4v) is 4.06. The van der Waals surface area contributed by atoms with E-state index in [0.29, 0.717) is 0 Å². The standard InChI is InChI=1S/C11H16BrNS/c12-10-8-14-7-9(10)11(13)5-3-1-2-4-6-11/h7-8H,1-6,13H2. The molecule has 1 saturated carbocycles. The van der Waals surface area contributed by atoms with E-state index in [9.17, 15) is 0 Å². The lowest BCUT2D eigenvalue weighted by molar-refractivity contribution is 0.385. The van der Waals surface area contributed by atoms with Crippen molar-refractivity contribution in [3.8, 4) is 0 Å². The van der Waals surface area contributed by atoms with Crippen LogP contribution < -0.4 is 5.73 Å². The minimum atomic E-state index is -0.0602. The zero-order valence-corrected chi connectivity index (χ0v) is 10.7. The topological polar surface area (TPSA) is 26.0 Å². The summed E-state index contributed by atoms with van der Waals surface area (Å²) in [6, 6.07) is 0. The molecule has 0 amide bonds. The second-order valence-corrected chi connectivity index (χ2v) is 5.80. The largest absolute Gasteiger partial charge is 0.321 e. The summed E-state index contributed by atoms with van der Waals surface area (Å²) >= 11 is 5.33. The molecule has 3 heteroatoms. The van der Waals surface area contributed by atoms with Gasteiger partial charge in [-0.25, -0.2) is 0 Å². The lowest BCUT2D eigenvalue weighted by atomic mass is 9.86. The Bertz CT molecular complexity index is 300. The van der Waals surface area contributed by atoms with Gasteiger partial charge in [-0.15, -0.1) is 0 Å². The Morgan fingerprint density at radius 1 is 1.14 bits per heavy atom. The third-order valence-corrected chi connectivity index (χ3v) is 4.85. The zero-order valence-electron chi connectivity index (χ0n) is 8.26. The number of nitrogens with two attached hydrogens (primary N) is 1. The molecule has 1 aliphatic carbocycles. The summed E-state index contributed by atoms with van der Waals surface area (Å²) in [7, 11) is 0.